The zero-order chi connectivity index (χ0) is 20.1. The van der Waals surface area contributed by atoms with Crippen molar-refractivity contribution in [1.29, 1.82) is 0 Å². The van der Waals surface area contributed by atoms with Crippen molar-refractivity contribution in [2.45, 2.75) is 13.8 Å². The van der Waals surface area contributed by atoms with Crippen LogP contribution < -0.4 is 20.1 Å². The van der Waals surface area contributed by atoms with Gasteiger partial charge < -0.3 is 20.1 Å². The van der Waals surface area contributed by atoms with Crippen molar-refractivity contribution in [3.05, 3.63) is 65.5 Å². The molecule has 0 spiro atoms. The van der Waals surface area contributed by atoms with E-state index in [0.29, 0.717) is 28.7 Å². The Morgan fingerprint density at radius 1 is 0.893 bits per heavy atom. The van der Waals surface area contributed by atoms with Crippen molar-refractivity contribution in [2.75, 3.05) is 24.9 Å². The molecular formula is C21H22N4O3. The Labute approximate surface area is 163 Å². The van der Waals surface area contributed by atoms with E-state index in [0.717, 1.165) is 17.1 Å². The molecular weight excluding hydrogens is 356 g/mol. The van der Waals surface area contributed by atoms with Gasteiger partial charge in [-0.25, -0.2) is 9.97 Å². The number of amides is 1. The Kier molecular flexibility index (Phi) is 5.74. The molecule has 0 atom stereocenters. The van der Waals surface area contributed by atoms with Gasteiger partial charge in [0.2, 0.25) is 5.95 Å². The number of rotatable bonds is 6. The smallest absolute Gasteiger partial charge is 0.255 e. The number of aryl methyl sites for hydroxylation is 2. The predicted molar refractivity (Wildman–Crippen MR) is 109 cm³/mol. The van der Waals surface area contributed by atoms with Gasteiger partial charge in [-0.2, -0.15) is 0 Å². The van der Waals surface area contributed by atoms with Gasteiger partial charge in [0, 0.05) is 28.7 Å². The van der Waals surface area contributed by atoms with Gasteiger partial charge in [-0.05, 0) is 56.3 Å². The van der Waals surface area contributed by atoms with Crippen molar-refractivity contribution in [2.24, 2.45) is 0 Å². The lowest BCUT2D eigenvalue weighted by Gasteiger charge is -2.12. The lowest BCUT2D eigenvalue weighted by molar-refractivity contribution is 0.102. The van der Waals surface area contributed by atoms with E-state index in [9.17, 15) is 4.79 Å². The fourth-order valence-electron chi connectivity index (χ4n) is 2.71. The molecule has 0 bridgehead atoms. The first-order chi connectivity index (χ1) is 13.5. The number of carbonyl (C=O) groups is 1. The normalized spacial score (nSPS) is 10.3. The quantitative estimate of drug-likeness (QED) is 0.671. The molecule has 0 aliphatic rings. The average molecular weight is 378 g/mol. The number of anilines is 3. The standard InChI is InChI=1S/C21H22N4O3/c1-13-11-14(2)23-21(22-13)24-16-7-5-15(6-8-16)20(26)25-18-10-9-17(27-3)12-19(18)28-4/h5-12H,1-4H3,(H,25,26)(H,22,23,24). The number of methoxy groups -OCH3 is 2. The molecule has 0 fully saturated rings. The van der Waals surface area contributed by atoms with E-state index in [1.54, 1.807) is 56.7 Å². The first-order valence-corrected chi connectivity index (χ1v) is 8.71. The Bertz CT molecular complexity index is 967. The highest BCUT2D eigenvalue weighted by atomic mass is 16.5. The van der Waals surface area contributed by atoms with Gasteiger partial charge in [-0.3, -0.25) is 4.79 Å². The third-order valence-electron chi connectivity index (χ3n) is 4.04. The summed E-state index contributed by atoms with van der Waals surface area (Å²) in [5.41, 5.74) is 3.66. The van der Waals surface area contributed by atoms with Crippen LogP contribution in [0.25, 0.3) is 0 Å². The van der Waals surface area contributed by atoms with Crippen LogP contribution >= 0.6 is 0 Å². The van der Waals surface area contributed by atoms with Crippen LogP contribution in [0.15, 0.2) is 48.5 Å². The van der Waals surface area contributed by atoms with Crippen LogP contribution in [0.4, 0.5) is 17.3 Å². The largest absolute Gasteiger partial charge is 0.497 e. The van der Waals surface area contributed by atoms with Crippen LogP contribution in [0.3, 0.4) is 0 Å². The molecule has 1 amide bonds. The van der Waals surface area contributed by atoms with E-state index in [4.69, 9.17) is 9.47 Å². The highest BCUT2D eigenvalue weighted by molar-refractivity contribution is 6.05. The summed E-state index contributed by atoms with van der Waals surface area (Å²) in [5, 5.41) is 5.99. The van der Waals surface area contributed by atoms with Crippen LogP contribution in [-0.4, -0.2) is 30.1 Å². The fourth-order valence-corrected chi connectivity index (χ4v) is 2.71. The number of ether oxygens (including phenoxy) is 2. The average Bonchev–Trinajstić information content (AvgIpc) is 2.68. The minimum Gasteiger partial charge on any atom is -0.497 e. The van der Waals surface area contributed by atoms with Crippen molar-refractivity contribution in [3.8, 4) is 11.5 Å². The van der Waals surface area contributed by atoms with E-state index in [1.807, 2.05) is 19.9 Å². The number of aromatic nitrogens is 2. The van der Waals surface area contributed by atoms with Crippen molar-refractivity contribution in [3.63, 3.8) is 0 Å². The lowest BCUT2D eigenvalue weighted by atomic mass is 10.2. The molecule has 7 heteroatoms. The van der Waals surface area contributed by atoms with E-state index in [-0.39, 0.29) is 5.91 Å². The predicted octanol–water partition coefficient (Wildman–Crippen LogP) is 4.11. The highest BCUT2D eigenvalue weighted by Crippen LogP contribution is 2.29. The lowest BCUT2D eigenvalue weighted by Crippen LogP contribution is -2.12. The fraction of sp³-hybridized carbons (Fsp3) is 0.190. The van der Waals surface area contributed by atoms with E-state index < -0.39 is 0 Å². The Morgan fingerprint density at radius 2 is 1.57 bits per heavy atom. The zero-order valence-electron chi connectivity index (χ0n) is 16.2. The number of nitrogens with zero attached hydrogens (tertiary/aromatic N) is 2. The van der Waals surface area contributed by atoms with Gasteiger partial charge in [-0.15, -0.1) is 0 Å². The minimum absolute atomic E-state index is 0.238. The number of hydrogen-bond donors (Lipinski definition) is 2. The summed E-state index contributed by atoms with van der Waals surface area (Å²) in [4.78, 5) is 21.3. The molecule has 2 aromatic carbocycles. The molecule has 2 N–H and O–H groups in total. The maximum atomic E-state index is 12.6. The monoisotopic (exact) mass is 378 g/mol. The van der Waals surface area contributed by atoms with Gasteiger partial charge in [-0.1, -0.05) is 0 Å². The SMILES string of the molecule is COc1ccc(NC(=O)c2ccc(Nc3nc(C)cc(C)n3)cc2)c(OC)c1. The number of hydrogen-bond acceptors (Lipinski definition) is 6. The Morgan fingerprint density at radius 3 is 2.18 bits per heavy atom. The summed E-state index contributed by atoms with van der Waals surface area (Å²) in [7, 11) is 3.12. The van der Waals surface area contributed by atoms with Crippen LogP contribution in [0.1, 0.15) is 21.7 Å². The zero-order valence-corrected chi connectivity index (χ0v) is 16.2. The molecule has 7 nitrogen and oxygen atoms in total. The van der Waals surface area contributed by atoms with Gasteiger partial charge in [0.1, 0.15) is 11.5 Å². The summed E-state index contributed by atoms with van der Waals surface area (Å²) in [6.45, 7) is 3.83. The second-order valence-electron chi connectivity index (χ2n) is 6.20. The minimum atomic E-state index is -0.238. The van der Waals surface area contributed by atoms with Gasteiger partial charge in [0.05, 0.1) is 19.9 Å². The first-order valence-electron chi connectivity index (χ1n) is 8.71. The maximum absolute atomic E-state index is 12.6. The molecule has 28 heavy (non-hydrogen) atoms. The molecule has 1 aromatic heterocycles. The summed E-state index contributed by atoms with van der Waals surface area (Å²) < 4.78 is 10.5. The van der Waals surface area contributed by atoms with E-state index in [1.165, 1.54) is 0 Å². The first kappa shape index (κ1) is 19.2. The molecule has 1 heterocycles. The molecule has 0 saturated carbocycles. The number of nitrogens with one attached hydrogen (secondary N) is 2. The Hall–Kier alpha value is -3.61. The van der Waals surface area contributed by atoms with Gasteiger partial charge >= 0.3 is 0 Å². The van der Waals surface area contributed by atoms with Crippen molar-refractivity contribution >= 4 is 23.2 Å². The van der Waals surface area contributed by atoms with Crippen LogP contribution in [0.2, 0.25) is 0 Å². The highest BCUT2D eigenvalue weighted by Gasteiger charge is 2.11. The van der Waals surface area contributed by atoms with E-state index in [2.05, 4.69) is 20.6 Å². The van der Waals surface area contributed by atoms with Crippen molar-refractivity contribution < 1.29 is 14.3 Å². The second-order valence-corrected chi connectivity index (χ2v) is 6.20. The number of carbonyl (C=O) groups excluding carboxylic acids is 1. The molecule has 0 radical (unpaired) electrons. The summed E-state index contributed by atoms with van der Waals surface area (Å²) in [5.74, 6) is 1.46. The van der Waals surface area contributed by atoms with Crippen LogP contribution in [-0.2, 0) is 0 Å². The molecule has 0 aliphatic carbocycles. The second kappa shape index (κ2) is 8.39. The molecule has 3 rings (SSSR count). The van der Waals surface area contributed by atoms with Crippen LogP contribution in [0, 0.1) is 13.8 Å². The summed E-state index contributed by atoms with van der Waals surface area (Å²) in [6.07, 6.45) is 0. The molecule has 144 valence electrons. The van der Waals surface area contributed by atoms with Crippen molar-refractivity contribution in [1.82, 2.24) is 9.97 Å². The third-order valence-corrected chi connectivity index (χ3v) is 4.04. The molecule has 3 aromatic rings. The van der Waals surface area contributed by atoms with Crippen LogP contribution in [0.5, 0.6) is 11.5 Å². The molecule has 0 aliphatic heterocycles. The Balaban J connectivity index is 1.72. The third kappa shape index (κ3) is 4.56. The molecule has 0 unspecified atom stereocenters. The summed E-state index contributed by atoms with van der Waals surface area (Å²) in [6, 6.07) is 14.2. The van der Waals surface area contributed by atoms with Gasteiger partial charge in [0.25, 0.3) is 5.91 Å². The maximum Gasteiger partial charge on any atom is 0.255 e. The topological polar surface area (TPSA) is 85.4 Å². The number of benzene rings is 2. The van der Waals surface area contributed by atoms with E-state index >= 15 is 0 Å². The summed E-state index contributed by atoms with van der Waals surface area (Å²) >= 11 is 0. The molecule has 0 saturated heterocycles. The van der Waals surface area contributed by atoms with Gasteiger partial charge in [0.15, 0.2) is 0 Å².